The van der Waals surface area contributed by atoms with E-state index in [2.05, 4.69) is 6.92 Å². The minimum atomic E-state index is -0.447. The van der Waals surface area contributed by atoms with E-state index in [0.717, 1.165) is 52.2 Å². The molecule has 3 aromatic carbocycles. The largest absolute Gasteiger partial charge is 0.454 e. The summed E-state index contributed by atoms with van der Waals surface area (Å²) in [6.45, 7) is 1.91. The van der Waals surface area contributed by atoms with E-state index in [1.54, 1.807) is 6.07 Å². The molecule has 4 nitrogen and oxygen atoms in total. The van der Waals surface area contributed by atoms with Gasteiger partial charge in [-0.25, -0.2) is 4.79 Å². The van der Waals surface area contributed by atoms with E-state index < -0.39 is 5.97 Å². The summed E-state index contributed by atoms with van der Waals surface area (Å²) in [4.78, 5) is 30.9. The first-order valence-corrected chi connectivity index (χ1v) is 10.7. The number of carbonyl (C=O) groups is 2. The number of ketones is 1. The molecule has 4 heteroatoms. The fourth-order valence-electron chi connectivity index (χ4n) is 4.55. The van der Waals surface area contributed by atoms with Crippen molar-refractivity contribution in [3.63, 3.8) is 0 Å². The van der Waals surface area contributed by atoms with Gasteiger partial charge in [-0.3, -0.25) is 9.78 Å². The monoisotopic (exact) mass is 409 g/mol. The molecule has 154 valence electrons. The molecule has 0 saturated carbocycles. The number of nitrogens with zero attached hydrogens (tertiary/aromatic N) is 1. The third-order valence-corrected chi connectivity index (χ3v) is 6.13. The quantitative estimate of drug-likeness (QED) is 0.327. The molecule has 0 fully saturated rings. The molecule has 0 N–H and O–H groups in total. The van der Waals surface area contributed by atoms with Crippen LogP contribution in [-0.4, -0.2) is 23.3 Å². The van der Waals surface area contributed by atoms with Crippen LogP contribution in [0, 0.1) is 5.92 Å². The molecule has 0 saturated heterocycles. The standard InChI is InChI=1S/C27H23NO3/c1-17-13-14-24-22(15-17)26(21-10-4-5-12-23(21)28-24)27(30)31-16-25(29)20-11-6-8-18-7-2-3-9-19(18)20/h2-12,17H,13-16H2,1H3. The first kappa shape index (κ1) is 19.4. The summed E-state index contributed by atoms with van der Waals surface area (Å²) in [6, 6.07) is 21.0. The lowest BCUT2D eigenvalue weighted by molar-refractivity contribution is 0.0475. The predicted molar refractivity (Wildman–Crippen MR) is 121 cm³/mol. The first-order valence-electron chi connectivity index (χ1n) is 10.7. The minimum Gasteiger partial charge on any atom is -0.454 e. The molecule has 1 unspecified atom stereocenters. The van der Waals surface area contributed by atoms with E-state index in [4.69, 9.17) is 9.72 Å². The van der Waals surface area contributed by atoms with Crippen molar-refractivity contribution in [1.29, 1.82) is 0 Å². The van der Waals surface area contributed by atoms with Gasteiger partial charge in [-0.2, -0.15) is 0 Å². The van der Waals surface area contributed by atoms with E-state index in [0.29, 0.717) is 17.0 Å². The molecule has 1 aliphatic rings. The van der Waals surface area contributed by atoms with Crippen LogP contribution in [0.3, 0.4) is 0 Å². The van der Waals surface area contributed by atoms with Gasteiger partial charge < -0.3 is 4.74 Å². The maximum absolute atomic E-state index is 13.2. The number of aryl methyl sites for hydroxylation is 1. The number of ether oxygens (including phenoxy) is 1. The zero-order chi connectivity index (χ0) is 21.4. The number of Topliss-reactive ketones (excluding diaryl/α,β-unsaturated/α-hetero) is 1. The third kappa shape index (κ3) is 3.59. The maximum Gasteiger partial charge on any atom is 0.339 e. The normalized spacial score (nSPS) is 15.6. The van der Waals surface area contributed by atoms with Gasteiger partial charge in [0.05, 0.1) is 11.1 Å². The molecule has 0 spiro atoms. The predicted octanol–water partition coefficient (Wildman–Crippen LogP) is 5.55. The number of esters is 1. The number of rotatable bonds is 4. The summed E-state index contributed by atoms with van der Waals surface area (Å²) in [7, 11) is 0. The first-order chi connectivity index (χ1) is 15.1. The molecule has 5 rings (SSSR count). The highest BCUT2D eigenvalue weighted by molar-refractivity contribution is 6.10. The van der Waals surface area contributed by atoms with Crippen LogP contribution in [0.5, 0.6) is 0 Å². The average Bonchev–Trinajstić information content (AvgIpc) is 2.80. The van der Waals surface area contributed by atoms with Gasteiger partial charge in [-0.15, -0.1) is 0 Å². The topological polar surface area (TPSA) is 56.3 Å². The molecular formula is C27H23NO3. The molecule has 1 atom stereocenters. The molecule has 1 aromatic heterocycles. The van der Waals surface area contributed by atoms with Gasteiger partial charge in [0, 0.05) is 16.6 Å². The summed E-state index contributed by atoms with van der Waals surface area (Å²) < 4.78 is 5.59. The summed E-state index contributed by atoms with van der Waals surface area (Å²) in [5.74, 6) is -0.164. The molecule has 0 amide bonds. The fourth-order valence-corrected chi connectivity index (χ4v) is 4.55. The van der Waals surface area contributed by atoms with Crippen molar-refractivity contribution in [1.82, 2.24) is 4.98 Å². The van der Waals surface area contributed by atoms with Gasteiger partial charge in [0.2, 0.25) is 5.78 Å². The lowest BCUT2D eigenvalue weighted by atomic mass is 9.84. The lowest BCUT2D eigenvalue weighted by Crippen LogP contribution is -2.21. The van der Waals surface area contributed by atoms with E-state index in [1.165, 1.54) is 0 Å². The zero-order valence-corrected chi connectivity index (χ0v) is 17.4. The summed E-state index contributed by atoms with van der Waals surface area (Å²) in [5, 5.41) is 2.65. The average molecular weight is 409 g/mol. The summed E-state index contributed by atoms with van der Waals surface area (Å²) in [6.07, 6.45) is 2.72. The Morgan fingerprint density at radius 1 is 0.968 bits per heavy atom. The van der Waals surface area contributed by atoms with Crippen LogP contribution < -0.4 is 0 Å². The summed E-state index contributed by atoms with van der Waals surface area (Å²) in [5.41, 5.74) is 3.88. The van der Waals surface area contributed by atoms with Gasteiger partial charge in [0.1, 0.15) is 0 Å². The molecule has 0 aliphatic heterocycles. The van der Waals surface area contributed by atoms with Gasteiger partial charge in [0.15, 0.2) is 6.61 Å². The molecule has 4 aromatic rings. The van der Waals surface area contributed by atoms with Crippen LogP contribution in [0.4, 0.5) is 0 Å². The minimum absolute atomic E-state index is 0.203. The van der Waals surface area contributed by atoms with Crippen molar-refractivity contribution in [2.24, 2.45) is 5.92 Å². The van der Waals surface area contributed by atoms with Gasteiger partial charge in [-0.1, -0.05) is 67.6 Å². The highest BCUT2D eigenvalue weighted by Crippen LogP contribution is 2.32. The van der Waals surface area contributed by atoms with Crippen LogP contribution in [0.1, 0.15) is 45.3 Å². The van der Waals surface area contributed by atoms with Crippen molar-refractivity contribution >= 4 is 33.4 Å². The van der Waals surface area contributed by atoms with Crippen molar-refractivity contribution < 1.29 is 14.3 Å². The van der Waals surface area contributed by atoms with Crippen molar-refractivity contribution in [3.05, 3.63) is 89.1 Å². The number of hydrogen-bond donors (Lipinski definition) is 0. The van der Waals surface area contributed by atoms with Crippen LogP contribution >= 0.6 is 0 Å². The van der Waals surface area contributed by atoms with E-state index in [-0.39, 0.29) is 12.4 Å². The summed E-state index contributed by atoms with van der Waals surface area (Å²) >= 11 is 0. The van der Waals surface area contributed by atoms with E-state index >= 15 is 0 Å². The van der Waals surface area contributed by atoms with Crippen LogP contribution in [0.25, 0.3) is 21.7 Å². The second-order valence-electron chi connectivity index (χ2n) is 8.30. The zero-order valence-electron chi connectivity index (χ0n) is 17.4. The Bertz CT molecular complexity index is 1320. The van der Waals surface area contributed by atoms with E-state index in [1.807, 2.05) is 60.7 Å². The van der Waals surface area contributed by atoms with Crippen molar-refractivity contribution in [2.75, 3.05) is 6.61 Å². The molecule has 0 bridgehead atoms. The van der Waals surface area contributed by atoms with Gasteiger partial charge in [0.25, 0.3) is 0 Å². The Morgan fingerprint density at radius 3 is 2.58 bits per heavy atom. The number of carbonyl (C=O) groups excluding carboxylic acids is 2. The fraction of sp³-hybridized carbons (Fsp3) is 0.222. The van der Waals surface area contributed by atoms with Crippen LogP contribution in [0.2, 0.25) is 0 Å². The van der Waals surface area contributed by atoms with Crippen LogP contribution in [-0.2, 0) is 17.6 Å². The second-order valence-corrected chi connectivity index (χ2v) is 8.30. The maximum atomic E-state index is 13.2. The number of fused-ring (bicyclic) bond motifs is 3. The van der Waals surface area contributed by atoms with Crippen LogP contribution in [0.15, 0.2) is 66.7 Å². The number of benzene rings is 3. The molecular weight excluding hydrogens is 386 g/mol. The molecule has 0 radical (unpaired) electrons. The smallest absolute Gasteiger partial charge is 0.339 e. The highest BCUT2D eigenvalue weighted by atomic mass is 16.5. The van der Waals surface area contributed by atoms with Crippen molar-refractivity contribution in [3.8, 4) is 0 Å². The number of para-hydroxylation sites is 1. The van der Waals surface area contributed by atoms with Crippen molar-refractivity contribution in [2.45, 2.75) is 26.2 Å². The molecule has 31 heavy (non-hydrogen) atoms. The Labute approximate surface area is 180 Å². The molecule has 1 heterocycles. The number of hydrogen-bond acceptors (Lipinski definition) is 4. The Kier molecular flexibility index (Phi) is 4.99. The van der Waals surface area contributed by atoms with Gasteiger partial charge >= 0.3 is 5.97 Å². The highest BCUT2D eigenvalue weighted by Gasteiger charge is 2.26. The Balaban J connectivity index is 1.47. The third-order valence-electron chi connectivity index (χ3n) is 6.13. The second kappa shape index (κ2) is 7.95. The Hall–Kier alpha value is -3.53. The SMILES string of the molecule is CC1CCc2nc3ccccc3c(C(=O)OCC(=O)c3cccc4ccccc34)c2C1. The van der Waals surface area contributed by atoms with Gasteiger partial charge in [-0.05, 0) is 47.6 Å². The lowest BCUT2D eigenvalue weighted by Gasteiger charge is -2.24. The Morgan fingerprint density at radius 2 is 1.71 bits per heavy atom. The number of pyridine rings is 1. The van der Waals surface area contributed by atoms with E-state index in [9.17, 15) is 9.59 Å². The number of aromatic nitrogens is 1. The molecule has 1 aliphatic carbocycles.